The van der Waals surface area contributed by atoms with Crippen molar-refractivity contribution in [1.29, 1.82) is 0 Å². The molecule has 5 rings (SSSR count). The molecule has 1 aliphatic carbocycles. The summed E-state index contributed by atoms with van der Waals surface area (Å²) in [6.45, 7) is 0. The van der Waals surface area contributed by atoms with Crippen LogP contribution in [0.1, 0.15) is 28.8 Å². The summed E-state index contributed by atoms with van der Waals surface area (Å²) in [7, 11) is -0.885. The molecule has 1 atom stereocenters. The molecule has 0 aliphatic heterocycles. The average Bonchev–Trinajstić information content (AvgIpc) is 3.13. The van der Waals surface area contributed by atoms with Gasteiger partial charge in [0, 0.05) is 45.8 Å². The van der Waals surface area contributed by atoms with Crippen molar-refractivity contribution in [1.82, 2.24) is 19.9 Å². The van der Waals surface area contributed by atoms with Gasteiger partial charge in [-0.25, -0.2) is 15.0 Å². The molecule has 3 heterocycles. The van der Waals surface area contributed by atoms with Crippen LogP contribution in [0.5, 0.6) is 0 Å². The number of nitrogens with one attached hydrogen (secondary N) is 1. The molecule has 0 saturated heterocycles. The highest BCUT2D eigenvalue weighted by Crippen LogP contribution is 2.40. The minimum Gasteiger partial charge on any atom is -0.340 e. The highest BCUT2D eigenvalue weighted by molar-refractivity contribution is 7.83. The van der Waals surface area contributed by atoms with E-state index in [9.17, 15) is 4.21 Å². The molecule has 4 aromatic rings. The van der Waals surface area contributed by atoms with Gasteiger partial charge in [-0.1, -0.05) is 12.1 Å². The van der Waals surface area contributed by atoms with Crippen molar-refractivity contribution in [2.24, 2.45) is 0 Å². The van der Waals surface area contributed by atoms with Gasteiger partial charge in [0.05, 0.1) is 11.6 Å². The standard InChI is InChI=1S/C22H21N5OS2/c1-30(28)13-14-5-4-6-15(11-14)25-21-19-16-7-2-3-8-18(16)29-22(19)27-20(26-21)17-12-23-9-10-24-17/h4-6,9-12H,2-3,7-8,13H2,1H3,(H,25,26,27). The fourth-order valence-corrected chi connectivity index (χ4v) is 5.80. The Morgan fingerprint density at radius 2 is 2.07 bits per heavy atom. The van der Waals surface area contributed by atoms with Crippen LogP contribution in [0, 0.1) is 0 Å². The number of anilines is 2. The van der Waals surface area contributed by atoms with Crippen molar-refractivity contribution in [2.45, 2.75) is 31.4 Å². The number of hydrogen-bond acceptors (Lipinski definition) is 7. The Kier molecular flexibility index (Phi) is 5.26. The van der Waals surface area contributed by atoms with Crippen molar-refractivity contribution in [3.8, 4) is 11.5 Å². The highest BCUT2D eigenvalue weighted by atomic mass is 32.2. The lowest BCUT2D eigenvalue weighted by atomic mass is 9.97. The van der Waals surface area contributed by atoms with E-state index >= 15 is 0 Å². The van der Waals surface area contributed by atoms with E-state index in [2.05, 4.69) is 15.3 Å². The maximum Gasteiger partial charge on any atom is 0.183 e. The zero-order valence-electron chi connectivity index (χ0n) is 16.6. The quantitative estimate of drug-likeness (QED) is 0.491. The van der Waals surface area contributed by atoms with E-state index in [4.69, 9.17) is 9.97 Å². The predicted molar refractivity (Wildman–Crippen MR) is 123 cm³/mol. The van der Waals surface area contributed by atoms with Crippen LogP contribution in [0.15, 0.2) is 42.9 Å². The van der Waals surface area contributed by atoms with Gasteiger partial charge in [0.15, 0.2) is 5.82 Å². The molecule has 1 aliphatic rings. The first kappa shape index (κ1) is 19.3. The zero-order chi connectivity index (χ0) is 20.5. The molecule has 1 unspecified atom stereocenters. The van der Waals surface area contributed by atoms with Crippen LogP contribution in [0.3, 0.4) is 0 Å². The topological polar surface area (TPSA) is 80.7 Å². The van der Waals surface area contributed by atoms with E-state index in [0.717, 1.165) is 40.1 Å². The summed E-state index contributed by atoms with van der Waals surface area (Å²) < 4.78 is 11.6. The van der Waals surface area contributed by atoms with E-state index in [1.165, 1.54) is 23.3 Å². The molecule has 0 amide bonds. The smallest absolute Gasteiger partial charge is 0.183 e. The number of rotatable bonds is 5. The monoisotopic (exact) mass is 435 g/mol. The molecule has 0 radical (unpaired) electrons. The van der Waals surface area contributed by atoms with Gasteiger partial charge in [-0.15, -0.1) is 11.3 Å². The summed E-state index contributed by atoms with van der Waals surface area (Å²) in [6, 6.07) is 8.03. The Hall–Kier alpha value is -2.71. The summed E-state index contributed by atoms with van der Waals surface area (Å²) in [5.41, 5.74) is 4.00. The summed E-state index contributed by atoms with van der Waals surface area (Å²) in [5, 5.41) is 4.63. The fraction of sp³-hybridized carbons (Fsp3) is 0.273. The number of hydrogen-bond donors (Lipinski definition) is 1. The number of aromatic nitrogens is 4. The molecular weight excluding hydrogens is 414 g/mol. The summed E-state index contributed by atoms with van der Waals surface area (Å²) >= 11 is 1.77. The lowest BCUT2D eigenvalue weighted by Gasteiger charge is -2.14. The Labute approximate surface area is 181 Å². The first-order valence-electron chi connectivity index (χ1n) is 9.92. The maximum atomic E-state index is 11.6. The SMILES string of the molecule is CS(=O)Cc1cccc(Nc2nc(-c3cnccn3)nc3sc4c(c23)CCCC4)c1. The van der Waals surface area contributed by atoms with Gasteiger partial charge in [0.25, 0.3) is 0 Å². The lowest BCUT2D eigenvalue weighted by Crippen LogP contribution is -2.03. The van der Waals surface area contributed by atoms with Crippen LogP contribution in [0.2, 0.25) is 0 Å². The van der Waals surface area contributed by atoms with E-state index in [-0.39, 0.29) is 0 Å². The molecule has 1 N–H and O–H groups in total. The van der Waals surface area contributed by atoms with E-state index in [1.807, 2.05) is 24.3 Å². The number of aryl methyl sites for hydroxylation is 2. The molecule has 0 bridgehead atoms. The van der Waals surface area contributed by atoms with Gasteiger partial charge in [-0.05, 0) is 48.9 Å². The molecule has 1 aromatic carbocycles. The molecule has 0 spiro atoms. The molecule has 152 valence electrons. The third kappa shape index (κ3) is 3.85. The number of fused-ring (bicyclic) bond motifs is 3. The van der Waals surface area contributed by atoms with Gasteiger partial charge >= 0.3 is 0 Å². The van der Waals surface area contributed by atoms with Crippen molar-refractivity contribution < 1.29 is 4.21 Å². The summed E-state index contributed by atoms with van der Waals surface area (Å²) in [6.07, 6.45) is 11.3. The second kappa shape index (κ2) is 8.20. The molecule has 0 fully saturated rings. The van der Waals surface area contributed by atoms with E-state index in [1.54, 1.807) is 36.2 Å². The van der Waals surface area contributed by atoms with Gasteiger partial charge in [0.2, 0.25) is 0 Å². The third-order valence-corrected chi connectivity index (χ3v) is 7.09. The van der Waals surface area contributed by atoms with Crippen molar-refractivity contribution >= 4 is 43.9 Å². The van der Waals surface area contributed by atoms with Crippen molar-refractivity contribution in [3.63, 3.8) is 0 Å². The van der Waals surface area contributed by atoms with E-state index in [0.29, 0.717) is 17.3 Å². The number of thiophene rings is 1. The second-order valence-corrected chi connectivity index (χ2v) is 9.94. The first-order chi connectivity index (χ1) is 14.7. The van der Waals surface area contributed by atoms with Gasteiger partial charge in [0.1, 0.15) is 16.3 Å². The van der Waals surface area contributed by atoms with Crippen LogP contribution in [0.4, 0.5) is 11.5 Å². The average molecular weight is 436 g/mol. The minimum absolute atomic E-state index is 0.535. The number of benzene rings is 1. The second-order valence-electron chi connectivity index (χ2n) is 7.42. The first-order valence-corrected chi connectivity index (χ1v) is 12.5. The molecule has 8 heteroatoms. The van der Waals surface area contributed by atoms with Crippen LogP contribution in [-0.2, 0) is 29.4 Å². The summed E-state index contributed by atoms with van der Waals surface area (Å²) in [5.74, 6) is 1.91. The van der Waals surface area contributed by atoms with E-state index < -0.39 is 10.8 Å². The maximum absolute atomic E-state index is 11.6. The lowest BCUT2D eigenvalue weighted by molar-refractivity contribution is 0.686. The molecule has 3 aromatic heterocycles. The molecule has 30 heavy (non-hydrogen) atoms. The fourth-order valence-electron chi connectivity index (χ4n) is 3.89. The van der Waals surface area contributed by atoms with Crippen LogP contribution in [-0.4, -0.2) is 30.4 Å². The molecule has 0 saturated carbocycles. The van der Waals surface area contributed by atoms with Crippen LogP contribution >= 0.6 is 11.3 Å². The highest BCUT2D eigenvalue weighted by Gasteiger charge is 2.22. The van der Waals surface area contributed by atoms with Crippen molar-refractivity contribution in [2.75, 3.05) is 11.6 Å². The largest absolute Gasteiger partial charge is 0.340 e. The normalized spacial score (nSPS) is 14.4. The number of nitrogens with zero attached hydrogens (tertiary/aromatic N) is 4. The Morgan fingerprint density at radius 1 is 1.17 bits per heavy atom. The van der Waals surface area contributed by atoms with Crippen molar-refractivity contribution in [3.05, 3.63) is 58.9 Å². The van der Waals surface area contributed by atoms with Crippen LogP contribution in [0.25, 0.3) is 21.7 Å². The Bertz CT molecular complexity index is 1240. The molecular formula is C22H21N5OS2. The third-order valence-electron chi connectivity index (χ3n) is 5.17. The molecule has 6 nitrogen and oxygen atoms in total. The Balaban J connectivity index is 1.63. The Morgan fingerprint density at radius 3 is 2.90 bits per heavy atom. The van der Waals surface area contributed by atoms with Crippen LogP contribution < -0.4 is 5.32 Å². The van der Waals surface area contributed by atoms with Gasteiger partial charge < -0.3 is 5.32 Å². The minimum atomic E-state index is -0.885. The zero-order valence-corrected chi connectivity index (χ0v) is 18.2. The predicted octanol–water partition coefficient (Wildman–Crippen LogP) is 4.65. The van der Waals surface area contributed by atoms with Gasteiger partial charge in [-0.2, -0.15) is 0 Å². The summed E-state index contributed by atoms with van der Waals surface area (Å²) in [4.78, 5) is 20.7. The van der Waals surface area contributed by atoms with Gasteiger partial charge in [-0.3, -0.25) is 9.19 Å².